The summed E-state index contributed by atoms with van der Waals surface area (Å²) in [6.07, 6.45) is 65.9. The average Bonchev–Trinajstić information content (AvgIpc) is 0.982. The van der Waals surface area contributed by atoms with Crippen LogP contribution in [0.1, 0.15) is 408 Å². The molecule has 7 atom stereocenters. The molecule has 17 nitrogen and oxygen atoms in total. The largest absolute Gasteiger partial charge is 0.472 e. The molecule has 0 aromatic rings. The summed E-state index contributed by atoms with van der Waals surface area (Å²) in [5, 5.41) is 10.6. The van der Waals surface area contributed by atoms with Gasteiger partial charge in [0.1, 0.15) is 19.3 Å². The highest BCUT2D eigenvalue weighted by atomic mass is 31.2. The number of unbranched alkanes of at least 4 members (excludes halogenated alkanes) is 44. The van der Waals surface area contributed by atoms with E-state index in [2.05, 4.69) is 65.8 Å². The Morgan fingerprint density at radius 1 is 0.317 bits per heavy atom. The molecule has 0 rings (SSSR count). The maximum absolute atomic E-state index is 13.1. The van der Waals surface area contributed by atoms with E-state index in [1.807, 2.05) is 0 Å². The van der Waals surface area contributed by atoms with Crippen molar-refractivity contribution in [1.82, 2.24) is 0 Å². The van der Waals surface area contributed by atoms with Gasteiger partial charge in [0, 0.05) is 25.7 Å². The molecule has 0 amide bonds. The third-order valence-corrected chi connectivity index (χ3v) is 21.2. The van der Waals surface area contributed by atoms with Crippen LogP contribution in [0.4, 0.5) is 0 Å². The highest BCUT2D eigenvalue weighted by Gasteiger charge is 2.30. The van der Waals surface area contributed by atoms with Crippen LogP contribution in [0.5, 0.6) is 0 Å². The van der Waals surface area contributed by atoms with Gasteiger partial charge in [-0.2, -0.15) is 0 Å². The van der Waals surface area contributed by atoms with E-state index in [4.69, 9.17) is 37.0 Å². The number of carbonyl (C=O) groups is 4. The molecule has 4 unspecified atom stereocenters. The zero-order valence-corrected chi connectivity index (χ0v) is 67.5. The van der Waals surface area contributed by atoms with E-state index in [0.29, 0.717) is 25.7 Å². The second kappa shape index (κ2) is 73.1. The van der Waals surface area contributed by atoms with E-state index in [0.717, 1.165) is 121 Å². The highest BCUT2D eigenvalue weighted by molar-refractivity contribution is 7.47. The van der Waals surface area contributed by atoms with Gasteiger partial charge in [-0.25, -0.2) is 9.13 Å². The van der Waals surface area contributed by atoms with Crippen molar-refractivity contribution < 1.29 is 80.2 Å². The predicted molar refractivity (Wildman–Crippen MR) is 414 cm³/mol. The molecule has 0 saturated heterocycles. The number of aliphatic hydroxyl groups is 1. The van der Waals surface area contributed by atoms with Crippen LogP contribution < -0.4 is 0 Å². The molecule has 0 aromatic heterocycles. The van der Waals surface area contributed by atoms with Crippen LogP contribution in [0.3, 0.4) is 0 Å². The van der Waals surface area contributed by atoms with Crippen LogP contribution in [-0.2, 0) is 65.4 Å². The number of aliphatic hydroxyl groups excluding tert-OH is 1. The zero-order valence-electron chi connectivity index (χ0n) is 65.7. The van der Waals surface area contributed by atoms with E-state index in [9.17, 15) is 43.2 Å². The van der Waals surface area contributed by atoms with Crippen LogP contribution >= 0.6 is 15.6 Å². The first kappa shape index (κ1) is 98.5. The molecule has 0 heterocycles. The van der Waals surface area contributed by atoms with Gasteiger partial charge in [0.2, 0.25) is 0 Å². The first-order valence-corrected chi connectivity index (χ1v) is 44.9. The van der Waals surface area contributed by atoms with Gasteiger partial charge in [0.25, 0.3) is 0 Å². The Kier molecular flexibility index (Phi) is 71.3. The van der Waals surface area contributed by atoms with E-state index >= 15 is 0 Å². The molecule has 3 N–H and O–H groups in total. The lowest BCUT2D eigenvalue weighted by atomic mass is 9.99. The highest BCUT2D eigenvalue weighted by Crippen LogP contribution is 2.45. The Morgan fingerprint density at radius 3 is 0.842 bits per heavy atom. The standard InChI is InChI=1S/C82H156O17P2/c1-7-11-13-15-17-19-21-22-27-31-34-41-47-53-59-65-80(85)93-71-78(98-81(86)66-60-54-48-42-35-32-29-26-24-23-25-28-30-33-38-44-50-56-62-74(5)9-3)73-97-101(90,91)95-69-76(83)68-94-100(88,89)96-72-77(70-92-79(84)64-58-52-46-40-20-18-16-14-12-8-2)99-82(87)67-61-55-49-43-37-36-39-45-51-57-63-75(6)10-4/h19,21-22,27,74-78,83H,7-18,20,23-26,28-73H2,1-6H3,(H,88,89)(H,90,91)/b21-19-,27-22-/t74?,75?,76-,77+,78+/m0/s1. The fraction of sp³-hybridized carbons (Fsp3) is 0.902. The van der Waals surface area contributed by atoms with Crippen molar-refractivity contribution in [2.45, 2.75) is 426 Å². The van der Waals surface area contributed by atoms with Crippen molar-refractivity contribution in [3.8, 4) is 0 Å². The number of hydrogen-bond acceptors (Lipinski definition) is 15. The predicted octanol–water partition coefficient (Wildman–Crippen LogP) is 24.2. The third kappa shape index (κ3) is 72.9. The molecule has 101 heavy (non-hydrogen) atoms. The quantitative estimate of drug-likeness (QED) is 0.0169. The van der Waals surface area contributed by atoms with Gasteiger partial charge < -0.3 is 33.8 Å². The molecule has 596 valence electrons. The fourth-order valence-corrected chi connectivity index (χ4v) is 13.7. The maximum Gasteiger partial charge on any atom is 0.472 e. The van der Waals surface area contributed by atoms with E-state index in [1.165, 1.54) is 205 Å². The lowest BCUT2D eigenvalue weighted by molar-refractivity contribution is -0.161. The Morgan fingerprint density at radius 2 is 0.554 bits per heavy atom. The van der Waals surface area contributed by atoms with E-state index < -0.39 is 97.5 Å². The third-order valence-electron chi connectivity index (χ3n) is 19.3. The minimum Gasteiger partial charge on any atom is -0.462 e. The number of phosphoric acid groups is 2. The van der Waals surface area contributed by atoms with Gasteiger partial charge in [-0.15, -0.1) is 0 Å². The topological polar surface area (TPSA) is 237 Å². The number of phosphoric ester groups is 2. The fourth-order valence-electron chi connectivity index (χ4n) is 12.1. The first-order chi connectivity index (χ1) is 48.9. The van der Waals surface area contributed by atoms with Gasteiger partial charge in [-0.05, 0) is 63.2 Å². The van der Waals surface area contributed by atoms with Crippen molar-refractivity contribution in [2.24, 2.45) is 11.8 Å². The molecule has 0 spiro atoms. The van der Waals surface area contributed by atoms with Gasteiger partial charge in [0.05, 0.1) is 26.4 Å². The summed E-state index contributed by atoms with van der Waals surface area (Å²) in [6.45, 7) is 9.65. The SMILES string of the molecule is CCCCCC/C=C\C=C/CCCCCCCC(=O)OC[C@H](COP(=O)(O)OC[C@@H](O)COP(=O)(O)OC[C@@H](COC(=O)CCCCCCCCCCCC)OC(=O)CCCCCCCCCCCCC(C)CC)OC(=O)CCCCCCCCCCCCCCCCCCCCC(C)CC. The van der Waals surface area contributed by atoms with Crippen molar-refractivity contribution >= 4 is 39.5 Å². The summed E-state index contributed by atoms with van der Waals surface area (Å²) in [4.78, 5) is 73.0. The molecular weight excluding hydrogens is 1320 g/mol. The Bertz CT molecular complexity index is 2040. The smallest absolute Gasteiger partial charge is 0.462 e. The minimum atomic E-state index is -4.97. The van der Waals surface area contributed by atoms with Crippen LogP contribution in [0.2, 0.25) is 0 Å². The second-order valence-corrected chi connectivity index (χ2v) is 32.2. The van der Waals surface area contributed by atoms with E-state index in [-0.39, 0.29) is 25.7 Å². The molecule has 0 saturated carbocycles. The van der Waals surface area contributed by atoms with E-state index in [1.54, 1.807) is 0 Å². The van der Waals surface area contributed by atoms with Gasteiger partial charge in [0.15, 0.2) is 12.2 Å². The summed E-state index contributed by atoms with van der Waals surface area (Å²) in [6, 6.07) is 0. The lowest BCUT2D eigenvalue weighted by Gasteiger charge is -2.21. The molecule has 0 aliphatic carbocycles. The Balaban J connectivity index is 5.25. The molecule has 0 aliphatic heterocycles. The molecule has 19 heteroatoms. The minimum absolute atomic E-state index is 0.101. The number of hydrogen-bond donors (Lipinski definition) is 3. The second-order valence-electron chi connectivity index (χ2n) is 29.3. The molecule has 0 aliphatic rings. The van der Waals surface area contributed by atoms with Gasteiger partial charge in [-0.3, -0.25) is 37.3 Å². The maximum atomic E-state index is 13.1. The number of carbonyl (C=O) groups excluding carboxylic acids is 4. The van der Waals surface area contributed by atoms with Crippen LogP contribution in [0.25, 0.3) is 0 Å². The van der Waals surface area contributed by atoms with Crippen molar-refractivity contribution in [3.05, 3.63) is 24.3 Å². The summed E-state index contributed by atoms with van der Waals surface area (Å²) in [5.41, 5.74) is 0. The number of allylic oxidation sites excluding steroid dienone is 4. The molecule has 0 bridgehead atoms. The van der Waals surface area contributed by atoms with Crippen molar-refractivity contribution in [2.75, 3.05) is 39.6 Å². The summed E-state index contributed by atoms with van der Waals surface area (Å²) in [7, 11) is -9.93. The van der Waals surface area contributed by atoms with Crippen LogP contribution in [0, 0.1) is 11.8 Å². The summed E-state index contributed by atoms with van der Waals surface area (Å²) in [5.74, 6) is -0.468. The van der Waals surface area contributed by atoms with Crippen LogP contribution in [0.15, 0.2) is 24.3 Å². The lowest BCUT2D eigenvalue weighted by Crippen LogP contribution is -2.30. The molecule has 0 aromatic carbocycles. The van der Waals surface area contributed by atoms with Gasteiger partial charge >= 0.3 is 39.5 Å². The monoisotopic (exact) mass is 1480 g/mol. The number of rotatable bonds is 79. The van der Waals surface area contributed by atoms with Gasteiger partial charge in [-0.1, -0.05) is 355 Å². The number of ether oxygens (including phenoxy) is 4. The zero-order chi connectivity index (χ0) is 74.2. The molecular formula is C82H156O17P2. The molecule has 0 radical (unpaired) electrons. The Labute approximate surface area is 618 Å². The van der Waals surface area contributed by atoms with Crippen molar-refractivity contribution in [3.63, 3.8) is 0 Å². The number of esters is 4. The summed E-state index contributed by atoms with van der Waals surface area (Å²) < 4.78 is 68.7. The summed E-state index contributed by atoms with van der Waals surface area (Å²) >= 11 is 0. The van der Waals surface area contributed by atoms with Crippen molar-refractivity contribution in [1.29, 1.82) is 0 Å². The van der Waals surface area contributed by atoms with Crippen LogP contribution in [-0.4, -0.2) is 96.7 Å². The normalized spacial score (nSPS) is 14.6. The Hall–Kier alpha value is -2.46. The first-order valence-electron chi connectivity index (χ1n) is 41.9. The average molecular weight is 1480 g/mol. The molecule has 0 fully saturated rings.